The molecule has 5 aromatic carbocycles. The Morgan fingerprint density at radius 2 is 0.984 bits per heavy atom. The van der Waals surface area contributed by atoms with Crippen molar-refractivity contribution < 1.29 is 96.4 Å². The van der Waals surface area contributed by atoms with Gasteiger partial charge in [0.15, 0.2) is 0 Å². The third-order valence-electron chi connectivity index (χ3n) is 21.8. The summed E-state index contributed by atoms with van der Waals surface area (Å²) in [6, 6.07) is 21.5. The molecule has 37 heteroatoms. The summed E-state index contributed by atoms with van der Waals surface area (Å²) < 4.78 is 5.67. The molecule has 0 radical (unpaired) electrons. The number of nitrogens with two attached hydrogens (primary N) is 1. The minimum Gasteiger partial charge on any atom is -0.508 e. The lowest BCUT2D eigenvalue weighted by atomic mass is 9.98. The largest absolute Gasteiger partial charge is 0.508 e. The van der Waals surface area contributed by atoms with E-state index in [0.717, 1.165) is 36.3 Å². The van der Waals surface area contributed by atoms with Crippen LogP contribution in [0.2, 0.25) is 0 Å². The predicted octanol–water partition coefficient (Wildman–Crippen LogP) is 1.92. The topological polar surface area (TPSA) is 513 Å². The summed E-state index contributed by atoms with van der Waals surface area (Å²) in [6.45, 7) is 6.13. The van der Waals surface area contributed by atoms with Crippen molar-refractivity contribution in [2.45, 2.75) is 172 Å². The van der Waals surface area contributed by atoms with Crippen LogP contribution in [0.1, 0.15) is 100 Å². The summed E-state index contributed by atoms with van der Waals surface area (Å²) >= 11 is 0.807. The Kier molecular flexibility index (Phi) is 37.6. The lowest BCUT2D eigenvalue weighted by Gasteiger charge is -2.37. The van der Waals surface area contributed by atoms with Crippen LogP contribution in [-0.2, 0) is 115 Å². The number of carboxylic acid groups (broad SMARTS) is 1. The van der Waals surface area contributed by atoms with Gasteiger partial charge < -0.3 is 103 Å². The van der Waals surface area contributed by atoms with Crippen molar-refractivity contribution >= 4 is 117 Å². The van der Waals surface area contributed by atoms with Crippen LogP contribution in [0, 0.1) is 11.8 Å². The summed E-state index contributed by atoms with van der Waals surface area (Å²) in [5.41, 5.74) is 8.49. The SMILES string of the molecule is CCCC[C@H]1C(=O)N(C)CC(=O)N[C@@H](CC(=O)O)C(=O)N[C@@H](C(C)C)C(=O)N(C)[C@@H](Cc2ccccc2)C(=O)N[C@@H](Cc2ccc(O)cc2)C(=O)N(C)CC(=O)N[C@@H](Cc2c[nH]c3ccccc23)C(=O)N[C@@H](Cc2ccc(O)cc2)C(=O)N[C@@H](CC(C)C)C(=O)N[C@H](C(=O)NCC(N)=O)CSCC(=O)N[C@@H](Cc2ccco2)C(=O)N(C)[C@@H](Cc2ccccc2)C(=O)N1C. The van der Waals surface area contributed by atoms with E-state index in [4.69, 9.17) is 10.2 Å². The van der Waals surface area contributed by atoms with Gasteiger partial charge in [-0.2, -0.15) is 0 Å². The second-order valence-corrected chi connectivity index (χ2v) is 33.7. The number of amides is 15. The number of aromatic hydroxyl groups is 2. The number of carbonyl (C=O) groups excluding carboxylic acids is 15. The highest BCUT2D eigenvalue weighted by Crippen LogP contribution is 2.25. The second kappa shape index (κ2) is 48.2. The number of aromatic amines is 1. The molecule has 36 nitrogen and oxygen atoms in total. The molecule has 2 aromatic heterocycles. The zero-order chi connectivity index (χ0) is 93.6. The summed E-state index contributed by atoms with van der Waals surface area (Å²) in [7, 11) is 6.48. The van der Waals surface area contributed by atoms with Gasteiger partial charge in [-0.1, -0.05) is 151 Å². The summed E-state index contributed by atoms with van der Waals surface area (Å²) in [5.74, 6) is -17.4. The van der Waals surface area contributed by atoms with Gasteiger partial charge >= 0.3 is 5.97 Å². The smallest absolute Gasteiger partial charge is 0.305 e. The number of carbonyl (C=O) groups is 16. The first-order valence-electron chi connectivity index (χ1n) is 42.1. The molecule has 15 N–H and O–H groups in total. The number of unbranched alkanes of at least 4 members (excludes halogenated alkanes) is 1. The number of likely N-dealkylation sites (N-methyl/N-ethyl adjacent to an activating group) is 5. The molecule has 0 aliphatic carbocycles. The fourth-order valence-electron chi connectivity index (χ4n) is 14.7. The van der Waals surface area contributed by atoms with Crippen LogP contribution in [0.3, 0.4) is 0 Å². The maximum atomic E-state index is 15.5. The van der Waals surface area contributed by atoms with E-state index in [1.165, 1.54) is 90.0 Å². The number of furan rings is 1. The number of nitrogens with one attached hydrogen (secondary N) is 10. The number of phenolic OH excluding ortho intramolecular Hbond substituents is 2. The predicted molar refractivity (Wildman–Crippen MR) is 474 cm³/mol. The number of aromatic nitrogens is 1. The van der Waals surface area contributed by atoms with Crippen molar-refractivity contribution in [1.29, 1.82) is 0 Å². The summed E-state index contributed by atoms with van der Waals surface area (Å²) in [5, 5.41) is 55.4. The fraction of sp³-hybridized carbons (Fsp3) is 0.429. The Balaban J connectivity index is 1.21. The number of hydrogen-bond donors (Lipinski definition) is 14. The number of aliphatic carboxylic acids is 1. The number of thioether (sulfide) groups is 1. The van der Waals surface area contributed by atoms with E-state index in [9.17, 15) is 58.5 Å². The van der Waals surface area contributed by atoms with Crippen molar-refractivity contribution in [1.82, 2.24) is 77.3 Å². The molecule has 1 aliphatic rings. The number of primary amides is 1. The van der Waals surface area contributed by atoms with Crippen molar-refractivity contribution in [2.24, 2.45) is 17.6 Å². The highest BCUT2D eigenvalue weighted by molar-refractivity contribution is 8.00. The minimum absolute atomic E-state index is 0.0205. The van der Waals surface area contributed by atoms with Gasteiger partial charge in [-0.15, -0.1) is 11.8 Å². The lowest BCUT2D eigenvalue weighted by Crippen LogP contribution is -2.61. The molecular weight excluding hydrogens is 1670 g/mol. The standard InChI is InChI=1S/C91H116N16O20S/c1-11-12-29-72-89(124)104(7)50-77(112)96-68(46-79(114)115)85(120)102-80(54(4)5)91(126)106(9)73(42-55-22-15-13-16-23-55)86(121)100-69(41-58-32-36-61(109)37-33-58)87(122)103(6)49-76(111)95-67(44-59-47-93-64-28-20-19-27-63(59)64)84(119)99-66(40-57-30-34-60(108)35-31-57)83(118)98-65(39-53(2)3)82(117)101-71(81(116)94-48-75(92)110)51-128-52-78(113)97-70(45-62-26-21-38-127-62)88(123)107(10)74(90(125)105(72)8)43-56-24-17-14-18-25-56/h13-28,30-38,47,53-54,65-74,80,93,108-109H,11-12,29,39-46,48-52H2,1-10H3,(H2,92,110)(H,94,116)(H,95,111)(H,96,112)(H,97,113)(H,98,118)(H,99,119)(H,100,121)(H,101,117)(H,102,120)(H,114,115)/t65-,66-,67-,68-,69-,70-,71-,72-,73-,74-,80-/m0/s1. The Hall–Kier alpha value is -13.6. The van der Waals surface area contributed by atoms with Crippen LogP contribution in [-0.4, -0.2) is 272 Å². The van der Waals surface area contributed by atoms with Gasteiger partial charge in [0.1, 0.15) is 83.7 Å². The van der Waals surface area contributed by atoms with E-state index in [0.29, 0.717) is 51.6 Å². The Morgan fingerprint density at radius 1 is 0.492 bits per heavy atom. The van der Waals surface area contributed by atoms with Crippen LogP contribution in [0.25, 0.3) is 10.9 Å². The van der Waals surface area contributed by atoms with Gasteiger partial charge in [-0.25, -0.2) is 0 Å². The normalized spacial score (nSPS) is 22.0. The quantitative estimate of drug-likeness (QED) is 0.0435. The molecule has 1 aliphatic heterocycles. The number of rotatable bonds is 23. The summed E-state index contributed by atoms with van der Waals surface area (Å²) in [6.07, 6.45) is 1.22. The van der Waals surface area contributed by atoms with Gasteiger partial charge in [0.05, 0.1) is 38.1 Å². The first-order chi connectivity index (χ1) is 60.9. The average molecular weight is 1790 g/mol. The summed E-state index contributed by atoms with van der Waals surface area (Å²) in [4.78, 5) is 243. The highest BCUT2D eigenvalue weighted by Gasteiger charge is 2.42. The molecule has 1 fully saturated rings. The number of para-hydroxylation sites is 1. The van der Waals surface area contributed by atoms with Crippen LogP contribution in [0.15, 0.2) is 162 Å². The molecule has 8 rings (SSSR count). The number of hydrogen-bond acceptors (Lipinski definition) is 20. The first kappa shape index (κ1) is 99.8. The molecule has 128 heavy (non-hydrogen) atoms. The van der Waals surface area contributed by atoms with E-state index in [-0.39, 0.29) is 74.5 Å². The van der Waals surface area contributed by atoms with Crippen molar-refractivity contribution in [2.75, 3.05) is 66.4 Å². The Labute approximate surface area is 746 Å². The number of fused-ring (bicyclic) bond motifs is 1. The van der Waals surface area contributed by atoms with Gasteiger partial charge in [-0.05, 0) is 95.0 Å². The van der Waals surface area contributed by atoms with E-state index in [1.54, 1.807) is 131 Å². The molecule has 1 saturated heterocycles. The lowest BCUT2D eigenvalue weighted by molar-refractivity contribution is -0.151. The van der Waals surface area contributed by atoms with E-state index < -0.39 is 205 Å². The van der Waals surface area contributed by atoms with Crippen molar-refractivity contribution in [3.63, 3.8) is 0 Å². The molecule has 7 aromatic rings. The highest BCUT2D eigenvalue weighted by atomic mass is 32.2. The zero-order valence-electron chi connectivity index (χ0n) is 73.3. The third kappa shape index (κ3) is 29.8. The molecule has 0 unspecified atom stereocenters. The van der Waals surface area contributed by atoms with Crippen LogP contribution >= 0.6 is 11.8 Å². The molecule has 0 saturated carbocycles. The molecule has 0 bridgehead atoms. The number of nitrogens with zero attached hydrogens (tertiary/aromatic N) is 5. The van der Waals surface area contributed by atoms with E-state index in [1.807, 2.05) is 6.92 Å². The molecule has 11 atom stereocenters. The number of benzene rings is 5. The molecule has 0 spiro atoms. The fourth-order valence-corrected chi connectivity index (χ4v) is 15.6. The van der Waals surface area contributed by atoms with Crippen LogP contribution in [0.5, 0.6) is 11.5 Å². The monoisotopic (exact) mass is 1780 g/mol. The van der Waals surface area contributed by atoms with E-state index >= 15 is 33.6 Å². The Bertz CT molecular complexity index is 5020. The van der Waals surface area contributed by atoms with Gasteiger partial charge in [-0.3, -0.25) is 76.7 Å². The maximum Gasteiger partial charge on any atom is 0.305 e. The van der Waals surface area contributed by atoms with Crippen LogP contribution < -0.4 is 53.6 Å². The molecule has 15 amide bonds. The van der Waals surface area contributed by atoms with E-state index in [2.05, 4.69) is 52.8 Å². The molecular formula is C91H116N16O20S. The number of carboxylic acids is 1. The van der Waals surface area contributed by atoms with Crippen molar-refractivity contribution in [3.8, 4) is 11.5 Å². The maximum absolute atomic E-state index is 15.5. The molecule has 686 valence electrons. The van der Waals surface area contributed by atoms with Gasteiger partial charge in [0.2, 0.25) is 88.6 Å². The van der Waals surface area contributed by atoms with Gasteiger partial charge in [0, 0.05) is 96.6 Å². The van der Waals surface area contributed by atoms with Crippen molar-refractivity contribution in [3.05, 3.63) is 192 Å². The third-order valence-corrected chi connectivity index (χ3v) is 22.8. The average Bonchev–Trinajstić information content (AvgIpc) is 1.81. The number of phenols is 2. The number of H-pyrrole nitrogens is 1. The second-order valence-electron chi connectivity index (χ2n) is 32.7. The zero-order valence-corrected chi connectivity index (χ0v) is 74.2. The first-order valence-corrected chi connectivity index (χ1v) is 43.3. The minimum atomic E-state index is -1.91. The molecule has 3 heterocycles. The van der Waals surface area contributed by atoms with Crippen LogP contribution in [0.4, 0.5) is 0 Å². The van der Waals surface area contributed by atoms with Gasteiger partial charge in [0.25, 0.3) is 0 Å². The Morgan fingerprint density at radius 3 is 1.55 bits per heavy atom.